The second-order valence-electron chi connectivity index (χ2n) is 2.75. The molecule has 0 saturated heterocycles. The van der Waals surface area contributed by atoms with Gasteiger partial charge in [-0.25, -0.2) is 9.37 Å². The molecule has 1 fully saturated rings. The molecule has 0 aromatic carbocycles. The van der Waals surface area contributed by atoms with Crippen molar-refractivity contribution in [2.24, 2.45) is 0 Å². The van der Waals surface area contributed by atoms with Crippen molar-refractivity contribution in [3.05, 3.63) is 22.7 Å². The molecule has 2 rings (SSSR count). The van der Waals surface area contributed by atoms with Gasteiger partial charge in [0, 0.05) is 6.07 Å². The number of aromatic nitrogens is 1. The Morgan fingerprint density at radius 2 is 2.33 bits per heavy atom. The number of nitrogens with zero attached hydrogens (tertiary/aromatic N) is 1. The number of pyridine rings is 1. The quantitative estimate of drug-likeness (QED) is 0.731. The molecule has 1 aliphatic carbocycles. The van der Waals surface area contributed by atoms with Gasteiger partial charge in [0.1, 0.15) is 4.60 Å². The van der Waals surface area contributed by atoms with Gasteiger partial charge in [0.15, 0.2) is 11.6 Å². The fourth-order valence-electron chi connectivity index (χ4n) is 0.852. The molecule has 0 atom stereocenters. The minimum absolute atomic E-state index is 0.216. The summed E-state index contributed by atoms with van der Waals surface area (Å²) < 4.78 is 18.8. The molecule has 0 unspecified atom stereocenters. The van der Waals surface area contributed by atoms with Crippen LogP contribution in [0.4, 0.5) is 4.39 Å². The van der Waals surface area contributed by atoms with Gasteiger partial charge in [-0.2, -0.15) is 0 Å². The molecule has 0 N–H and O–H groups in total. The molecule has 1 saturated carbocycles. The maximum Gasteiger partial charge on any atom is 0.183 e. The van der Waals surface area contributed by atoms with Crippen molar-refractivity contribution in [3.8, 4) is 5.75 Å². The van der Waals surface area contributed by atoms with Crippen LogP contribution >= 0.6 is 15.9 Å². The highest BCUT2D eigenvalue weighted by Gasteiger charge is 2.24. The van der Waals surface area contributed by atoms with Crippen LogP contribution in [0.15, 0.2) is 16.9 Å². The van der Waals surface area contributed by atoms with Crippen molar-refractivity contribution in [2.45, 2.75) is 18.9 Å². The van der Waals surface area contributed by atoms with E-state index in [1.54, 1.807) is 6.07 Å². The second-order valence-corrected chi connectivity index (χ2v) is 3.57. The van der Waals surface area contributed by atoms with Crippen LogP contribution in [0.2, 0.25) is 0 Å². The van der Waals surface area contributed by atoms with Crippen molar-refractivity contribution in [3.63, 3.8) is 0 Å². The number of hydrogen-bond donors (Lipinski definition) is 0. The Hall–Kier alpha value is -0.640. The third-order valence-corrected chi connectivity index (χ3v) is 2.04. The first-order valence-electron chi connectivity index (χ1n) is 3.73. The van der Waals surface area contributed by atoms with Gasteiger partial charge >= 0.3 is 0 Å². The van der Waals surface area contributed by atoms with E-state index in [0.717, 1.165) is 19.0 Å². The minimum atomic E-state index is -0.398. The zero-order chi connectivity index (χ0) is 8.55. The number of ether oxygens (including phenoxy) is 1. The highest BCUT2D eigenvalue weighted by Crippen LogP contribution is 2.29. The average Bonchev–Trinajstić information content (AvgIpc) is 2.81. The van der Waals surface area contributed by atoms with Crippen molar-refractivity contribution in [2.75, 3.05) is 0 Å². The van der Waals surface area contributed by atoms with E-state index in [9.17, 15) is 4.39 Å². The zero-order valence-corrected chi connectivity index (χ0v) is 7.84. The van der Waals surface area contributed by atoms with Crippen molar-refractivity contribution in [1.29, 1.82) is 0 Å². The summed E-state index contributed by atoms with van der Waals surface area (Å²) in [6.07, 6.45) is 3.43. The van der Waals surface area contributed by atoms with E-state index < -0.39 is 5.82 Å². The summed E-state index contributed by atoms with van der Waals surface area (Å²) in [5.41, 5.74) is 0. The summed E-state index contributed by atoms with van der Waals surface area (Å²) in [6, 6.07) is 1.55. The fraction of sp³-hybridized carbons (Fsp3) is 0.375. The highest BCUT2D eigenvalue weighted by molar-refractivity contribution is 9.10. The summed E-state index contributed by atoms with van der Waals surface area (Å²) in [5, 5.41) is 0. The summed E-state index contributed by atoms with van der Waals surface area (Å²) >= 11 is 3.15. The Labute approximate surface area is 77.9 Å². The van der Waals surface area contributed by atoms with Crippen LogP contribution in [0.3, 0.4) is 0 Å². The van der Waals surface area contributed by atoms with E-state index in [4.69, 9.17) is 4.74 Å². The maximum absolute atomic E-state index is 12.9. The SMILES string of the molecule is Fc1cnc(Br)cc1OC1CC1. The van der Waals surface area contributed by atoms with Crippen LogP contribution in [0.25, 0.3) is 0 Å². The standard InChI is InChI=1S/C8H7BrFNO/c9-8-3-7(6(10)4-11-8)12-5-1-2-5/h3-5H,1-2H2. The van der Waals surface area contributed by atoms with Gasteiger partial charge in [-0.1, -0.05) is 0 Å². The first-order valence-corrected chi connectivity index (χ1v) is 4.53. The molecule has 1 aromatic heterocycles. The van der Waals surface area contributed by atoms with Gasteiger partial charge in [0.2, 0.25) is 0 Å². The van der Waals surface area contributed by atoms with Gasteiger partial charge < -0.3 is 4.74 Å². The smallest absolute Gasteiger partial charge is 0.183 e. The predicted octanol–water partition coefficient (Wildman–Crippen LogP) is 2.52. The number of hydrogen-bond acceptors (Lipinski definition) is 2. The molecule has 12 heavy (non-hydrogen) atoms. The van der Waals surface area contributed by atoms with E-state index in [2.05, 4.69) is 20.9 Å². The van der Waals surface area contributed by atoms with Gasteiger partial charge in [-0.3, -0.25) is 0 Å². The fourth-order valence-corrected chi connectivity index (χ4v) is 1.16. The Morgan fingerprint density at radius 3 is 3.00 bits per heavy atom. The Balaban J connectivity index is 2.21. The number of halogens is 2. The molecule has 4 heteroatoms. The molecule has 0 bridgehead atoms. The molecular formula is C8H7BrFNO. The first-order chi connectivity index (χ1) is 5.75. The highest BCUT2D eigenvalue weighted by atomic mass is 79.9. The molecule has 1 aromatic rings. The Kier molecular flexibility index (Phi) is 2.00. The lowest BCUT2D eigenvalue weighted by atomic mass is 10.4. The third-order valence-electron chi connectivity index (χ3n) is 1.60. The summed E-state index contributed by atoms with van der Waals surface area (Å²) in [5.74, 6) is -0.107. The van der Waals surface area contributed by atoms with Crippen LogP contribution in [0.5, 0.6) is 5.75 Å². The molecule has 0 aliphatic heterocycles. The monoisotopic (exact) mass is 231 g/mol. The van der Waals surface area contributed by atoms with E-state index in [0.29, 0.717) is 10.4 Å². The summed E-state index contributed by atoms with van der Waals surface area (Å²) in [6.45, 7) is 0. The van der Waals surface area contributed by atoms with Gasteiger partial charge in [-0.15, -0.1) is 0 Å². The molecule has 2 nitrogen and oxygen atoms in total. The van der Waals surface area contributed by atoms with Crippen molar-refractivity contribution >= 4 is 15.9 Å². The molecule has 0 spiro atoms. The van der Waals surface area contributed by atoms with Gasteiger partial charge in [0.05, 0.1) is 12.3 Å². The molecular weight excluding hydrogens is 225 g/mol. The van der Waals surface area contributed by atoms with Crippen LogP contribution in [0.1, 0.15) is 12.8 Å². The largest absolute Gasteiger partial charge is 0.487 e. The lowest BCUT2D eigenvalue weighted by Crippen LogP contribution is -1.98. The third kappa shape index (κ3) is 1.75. The van der Waals surface area contributed by atoms with Crippen molar-refractivity contribution in [1.82, 2.24) is 4.98 Å². The van der Waals surface area contributed by atoms with E-state index in [1.807, 2.05) is 0 Å². The molecule has 1 aliphatic rings. The zero-order valence-electron chi connectivity index (χ0n) is 6.26. The van der Waals surface area contributed by atoms with Crippen LogP contribution in [-0.2, 0) is 0 Å². The molecule has 64 valence electrons. The molecule has 0 amide bonds. The van der Waals surface area contributed by atoms with Gasteiger partial charge in [0.25, 0.3) is 0 Å². The Bertz CT molecular complexity index is 301. The second kappa shape index (κ2) is 3.01. The lowest BCUT2D eigenvalue weighted by Gasteiger charge is -2.04. The molecule has 1 heterocycles. The topological polar surface area (TPSA) is 22.1 Å². The number of rotatable bonds is 2. The van der Waals surface area contributed by atoms with Gasteiger partial charge in [-0.05, 0) is 28.8 Å². The lowest BCUT2D eigenvalue weighted by molar-refractivity contribution is 0.286. The van der Waals surface area contributed by atoms with Crippen LogP contribution < -0.4 is 4.74 Å². The van der Waals surface area contributed by atoms with E-state index in [-0.39, 0.29) is 6.10 Å². The normalized spacial score (nSPS) is 16.2. The Morgan fingerprint density at radius 1 is 1.58 bits per heavy atom. The van der Waals surface area contributed by atoms with Crippen LogP contribution in [-0.4, -0.2) is 11.1 Å². The minimum Gasteiger partial charge on any atom is -0.487 e. The summed E-state index contributed by atoms with van der Waals surface area (Å²) in [4.78, 5) is 3.73. The molecule has 0 radical (unpaired) electrons. The van der Waals surface area contributed by atoms with Crippen molar-refractivity contribution < 1.29 is 9.13 Å². The maximum atomic E-state index is 12.9. The summed E-state index contributed by atoms with van der Waals surface area (Å²) in [7, 11) is 0. The first kappa shape index (κ1) is 7.98. The van der Waals surface area contributed by atoms with Crippen LogP contribution in [0, 0.1) is 5.82 Å². The van der Waals surface area contributed by atoms with E-state index in [1.165, 1.54) is 0 Å². The predicted molar refractivity (Wildman–Crippen MR) is 45.5 cm³/mol. The average molecular weight is 232 g/mol. The van der Waals surface area contributed by atoms with E-state index >= 15 is 0 Å².